The third kappa shape index (κ3) is 2.67. The highest BCUT2D eigenvalue weighted by Gasteiger charge is 2.24. The molecule has 1 aromatic carbocycles. The zero-order valence-corrected chi connectivity index (χ0v) is 10.5. The largest absolute Gasteiger partial charge is 0.488 e. The van der Waals surface area contributed by atoms with Crippen molar-refractivity contribution in [2.75, 3.05) is 6.54 Å². The Bertz CT molecular complexity index is 438. The maximum absolute atomic E-state index is 11.5. The molecule has 3 heteroatoms. The molecule has 0 amide bonds. The number of carbonyl (C=O) groups is 1. The molecule has 3 nitrogen and oxygen atoms in total. The summed E-state index contributed by atoms with van der Waals surface area (Å²) in [7, 11) is 0. The van der Waals surface area contributed by atoms with Gasteiger partial charge in [0.1, 0.15) is 11.4 Å². The van der Waals surface area contributed by atoms with Crippen molar-refractivity contribution in [1.82, 2.24) is 0 Å². The lowest BCUT2D eigenvalue weighted by molar-refractivity contribution is 0.100. The van der Waals surface area contributed by atoms with Crippen LogP contribution in [0, 0.1) is 0 Å². The first-order valence-corrected chi connectivity index (χ1v) is 6.07. The first kappa shape index (κ1) is 12.1. The van der Waals surface area contributed by atoms with Crippen LogP contribution in [0.4, 0.5) is 0 Å². The zero-order chi connectivity index (χ0) is 12.5. The van der Waals surface area contributed by atoms with E-state index in [9.17, 15) is 4.79 Å². The average molecular weight is 233 g/mol. The Morgan fingerprint density at radius 1 is 1.47 bits per heavy atom. The Hall–Kier alpha value is -1.35. The van der Waals surface area contributed by atoms with E-state index in [1.54, 1.807) is 6.07 Å². The summed E-state index contributed by atoms with van der Waals surface area (Å²) in [6.07, 6.45) is 3.08. The summed E-state index contributed by atoms with van der Waals surface area (Å²) in [6, 6.07) is 5.62. The van der Waals surface area contributed by atoms with E-state index in [2.05, 4.69) is 13.8 Å². The van der Waals surface area contributed by atoms with Crippen LogP contribution < -0.4 is 10.5 Å². The van der Waals surface area contributed by atoms with Gasteiger partial charge in [-0.15, -0.1) is 0 Å². The molecular weight excluding hydrogens is 214 g/mol. The van der Waals surface area contributed by atoms with Crippen LogP contribution in [0.2, 0.25) is 0 Å². The van der Waals surface area contributed by atoms with Gasteiger partial charge >= 0.3 is 0 Å². The van der Waals surface area contributed by atoms with E-state index in [4.69, 9.17) is 10.5 Å². The molecule has 1 heterocycles. The fraction of sp³-hybridized carbons (Fsp3) is 0.500. The topological polar surface area (TPSA) is 52.3 Å². The quantitative estimate of drug-likeness (QED) is 0.797. The molecule has 1 aliphatic rings. The summed E-state index contributed by atoms with van der Waals surface area (Å²) < 4.78 is 5.97. The monoisotopic (exact) mass is 233 g/mol. The minimum absolute atomic E-state index is 0.0173. The van der Waals surface area contributed by atoms with Gasteiger partial charge in [0.25, 0.3) is 0 Å². The highest BCUT2D eigenvalue weighted by molar-refractivity contribution is 5.97. The maximum Gasteiger partial charge on any atom is 0.176 e. The summed E-state index contributed by atoms with van der Waals surface area (Å²) in [5.74, 6) is 0.886. The number of ketones is 1. The summed E-state index contributed by atoms with van der Waals surface area (Å²) in [5.41, 5.74) is 7.06. The number of aryl methyl sites for hydroxylation is 1. The number of nitrogens with two attached hydrogens (primary N) is 1. The van der Waals surface area contributed by atoms with Gasteiger partial charge in [-0.05, 0) is 56.9 Å². The molecular formula is C14H19NO2. The van der Waals surface area contributed by atoms with Crippen LogP contribution in [0.5, 0.6) is 5.75 Å². The number of hydrogen-bond acceptors (Lipinski definition) is 3. The second kappa shape index (κ2) is 4.49. The van der Waals surface area contributed by atoms with Gasteiger partial charge in [0.15, 0.2) is 5.78 Å². The summed E-state index contributed by atoms with van der Waals surface area (Å²) in [6.45, 7) is 4.26. The normalized spacial score (nSPS) is 17.8. The lowest BCUT2D eigenvalue weighted by atomic mass is 10.00. The van der Waals surface area contributed by atoms with Crippen molar-refractivity contribution in [2.45, 2.75) is 38.7 Å². The smallest absolute Gasteiger partial charge is 0.176 e. The molecule has 92 valence electrons. The second-order valence-electron chi connectivity index (χ2n) is 5.17. The number of fused-ring (bicyclic) bond motifs is 1. The molecule has 0 saturated heterocycles. The highest BCUT2D eigenvalue weighted by Crippen LogP contribution is 2.32. The first-order chi connectivity index (χ1) is 8.02. The van der Waals surface area contributed by atoms with Crippen molar-refractivity contribution in [3.63, 3.8) is 0 Å². The molecule has 0 aliphatic carbocycles. The molecule has 1 aliphatic heterocycles. The number of ether oxygens (including phenoxy) is 1. The van der Waals surface area contributed by atoms with Gasteiger partial charge in [-0.3, -0.25) is 4.79 Å². The van der Waals surface area contributed by atoms with Crippen molar-refractivity contribution in [3.05, 3.63) is 29.3 Å². The molecule has 1 aromatic rings. The molecule has 0 saturated carbocycles. The van der Waals surface area contributed by atoms with Crippen molar-refractivity contribution in [3.8, 4) is 5.75 Å². The lowest BCUT2D eigenvalue weighted by Gasteiger charge is -2.24. The summed E-state index contributed by atoms with van der Waals surface area (Å²) >= 11 is 0. The van der Waals surface area contributed by atoms with Gasteiger partial charge in [-0.25, -0.2) is 0 Å². The first-order valence-electron chi connectivity index (χ1n) is 6.07. The van der Waals surface area contributed by atoms with Crippen LogP contribution in [-0.2, 0) is 6.42 Å². The number of rotatable bonds is 2. The maximum atomic E-state index is 11.5. The molecule has 0 spiro atoms. The van der Waals surface area contributed by atoms with Crippen LogP contribution in [0.3, 0.4) is 0 Å². The van der Waals surface area contributed by atoms with Crippen LogP contribution in [0.1, 0.15) is 42.6 Å². The zero-order valence-electron chi connectivity index (χ0n) is 10.5. The van der Waals surface area contributed by atoms with Crippen LogP contribution >= 0.6 is 0 Å². The molecule has 0 bridgehead atoms. The predicted molar refractivity (Wildman–Crippen MR) is 67.5 cm³/mol. The Balaban J connectivity index is 2.34. The number of carbonyl (C=O) groups excluding carboxylic acids is 1. The van der Waals surface area contributed by atoms with Gasteiger partial charge in [-0.1, -0.05) is 0 Å². The Morgan fingerprint density at radius 3 is 2.94 bits per heavy atom. The molecule has 0 unspecified atom stereocenters. The van der Waals surface area contributed by atoms with Gasteiger partial charge < -0.3 is 10.5 Å². The second-order valence-corrected chi connectivity index (χ2v) is 5.17. The van der Waals surface area contributed by atoms with E-state index in [-0.39, 0.29) is 17.9 Å². The Labute approximate surface area is 102 Å². The van der Waals surface area contributed by atoms with Crippen molar-refractivity contribution in [2.24, 2.45) is 5.73 Å². The Morgan fingerprint density at radius 2 is 2.24 bits per heavy atom. The average Bonchev–Trinajstić information content (AvgIpc) is 2.44. The van der Waals surface area contributed by atoms with E-state index in [1.165, 1.54) is 0 Å². The molecule has 2 N–H and O–H groups in total. The Kier molecular flexibility index (Phi) is 3.20. The molecule has 0 aromatic heterocycles. The predicted octanol–water partition coefficient (Wildman–Crippen LogP) is 2.32. The number of Topliss-reactive ketones (excluding diaryl/α,β-unsaturated/α-hetero) is 1. The standard InChI is InChI=1S/C14H19NO2/c1-14(2)7-3-4-11-8-10(12(16)9-15)5-6-13(11)17-14/h5-6,8H,3-4,7,9,15H2,1-2H3. The molecule has 17 heavy (non-hydrogen) atoms. The van der Waals surface area contributed by atoms with E-state index < -0.39 is 0 Å². The molecule has 0 fully saturated rings. The van der Waals surface area contributed by atoms with Gasteiger partial charge in [0.05, 0.1) is 6.54 Å². The molecule has 2 rings (SSSR count). The van der Waals surface area contributed by atoms with Crippen molar-refractivity contribution in [1.29, 1.82) is 0 Å². The van der Waals surface area contributed by atoms with Gasteiger partial charge in [-0.2, -0.15) is 0 Å². The fourth-order valence-corrected chi connectivity index (χ4v) is 2.22. The van der Waals surface area contributed by atoms with Crippen LogP contribution in [-0.4, -0.2) is 17.9 Å². The number of benzene rings is 1. The van der Waals surface area contributed by atoms with Crippen molar-refractivity contribution < 1.29 is 9.53 Å². The minimum Gasteiger partial charge on any atom is -0.488 e. The van der Waals surface area contributed by atoms with Crippen LogP contribution in [0.15, 0.2) is 18.2 Å². The number of hydrogen-bond donors (Lipinski definition) is 1. The third-order valence-corrected chi connectivity index (χ3v) is 3.18. The molecule has 0 atom stereocenters. The van der Waals surface area contributed by atoms with Crippen LogP contribution in [0.25, 0.3) is 0 Å². The minimum atomic E-state index is -0.120. The van der Waals surface area contributed by atoms with Crippen molar-refractivity contribution >= 4 is 5.78 Å². The highest BCUT2D eigenvalue weighted by atomic mass is 16.5. The summed E-state index contributed by atoms with van der Waals surface area (Å²) in [4.78, 5) is 11.5. The fourth-order valence-electron chi connectivity index (χ4n) is 2.22. The van der Waals surface area contributed by atoms with E-state index in [0.29, 0.717) is 5.56 Å². The van der Waals surface area contributed by atoms with E-state index in [0.717, 1.165) is 30.6 Å². The third-order valence-electron chi connectivity index (χ3n) is 3.18. The summed E-state index contributed by atoms with van der Waals surface area (Å²) in [5, 5.41) is 0. The van der Waals surface area contributed by atoms with E-state index >= 15 is 0 Å². The van der Waals surface area contributed by atoms with E-state index in [1.807, 2.05) is 12.1 Å². The lowest BCUT2D eigenvalue weighted by Crippen LogP contribution is -2.26. The molecule has 0 radical (unpaired) electrons. The van der Waals surface area contributed by atoms with Gasteiger partial charge in [0, 0.05) is 5.56 Å². The van der Waals surface area contributed by atoms with Gasteiger partial charge in [0.2, 0.25) is 0 Å². The SMILES string of the molecule is CC1(C)CCCc2cc(C(=O)CN)ccc2O1.